The van der Waals surface area contributed by atoms with Gasteiger partial charge in [0.1, 0.15) is 12.4 Å². The summed E-state index contributed by atoms with van der Waals surface area (Å²) in [5, 5.41) is 8.58. The molecule has 0 aliphatic rings. The van der Waals surface area contributed by atoms with Gasteiger partial charge >= 0.3 is 29.6 Å². The number of aryl methyl sites for hydroxylation is 1. The van der Waals surface area contributed by atoms with Crippen molar-refractivity contribution in [1.82, 2.24) is 0 Å². The second kappa shape index (κ2) is 37.1. The van der Waals surface area contributed by atoms with Gasteiger partial charge in [-0.1, -0.05) is 57.6 Å². The molecule has 0 bridgehead atoms. The van der Waals surface area contributed by atoms with Gasteiger partial charge in [-0.2, -0.15) is 0 Å². The Balaban J connectivity index is 0. The van der Waals surface area contributed by atoms with Gasteiger partial charge < -0.3 is 49.2 Å². The fourth-order valence-electron chi connectivity index (χ4n) is 3.96. The van der Waals surface area contributed by atoms with Crippen molar-refractivity contribution in [1.29, 1.82) is 0 Å². The van der Waals surface area contributed by atoms with E-state index in [1.165, 1.54) is 50.5 Å². The first kappa shape index (κ1) is 43.7. The Kier molecular flexibility index (Phi) is 36.8. The van der Waals surface area contributed by atoms with Crippen LogP contribution in [-0.2, 0) is 44.3 Å². The molecular formula is C33H61NaO10. The summed E-state index contributed by atoms with van der Waals surface area (Å²) in [6.45, 7) is 10.9. The summed E-state index contributed by atoms with van der Waals surface area (Å²) in [6.07, 6.45) is 10.5. The van der Waals surface area contributed by atoms with Gasteiger partial charge in [0.25, 0.3) is 0 Å². The SMILES string of the molecule is CCCCCCCCCc1ccc(OCCOCCOCCOCCOCCOCCOCCOCCOCCO)cc1.[H-].[Na+]. The zero-order valence-electron chi connectivity index (χ0n) is 28.8. The van der Waals surface area contributed by atoms with Crippen molar-refractivity contribution in [2.75, 3.05) is 119 Å². The average molecular weight is 641 g/mol. The smallest absolute Gasteiger partial charge is 1.00 e. The van der Waals surface area contributed by atoms with Crippen molar-refractivity contribution in [2.45, 2.75) is 58.3 Å². The Bertz CT molecular complexity index is 675. The molecule has 1 aromatic rings. The molecule has 0 aliphatic carbocycles. The van der Waals surface area contributed by atoms with Crippen LogP contribution in [0, 0.1) is 0 Å². The minimum absolute atomic E-state index is 0. The van der Waals surface area contributed by atoms with E-state index < -0.39 is 0 Å². The summed E-state index contributed by atoms with van der Waals surface area (Å²) in [5.41, 5.74) is 1.38. The van der Waals surface area contributed by atoms with Crippen LogP contribution in [0.25, 0.3) is 0 Å². The molecule has 0 radical (unpaired) electrons. The fourth-order valence-corrected chi connectivity index (χ4v) is 3.96. The Morgan fingerprint density at radius 2 is 0.795 bits per heavy atom. The second-order valence-electron chi connectivity index (χ2n) is 9.99. The van der Waals surface area contributed by atoms with Crippen molar-refractivity contribution >= 4 is 0 Å². The molecule has 1 rings (SSSR count). The number of rotatable bonds is 35. The summed E-state index contributed by atoms with van der Waals surface area (Å²) in [5.74, 6) is 0.887. The van der Waals surface area contributed by atoms with Crippen molar-refractivity contribution in [3.05, 3.63) is 29.8 Å². The zero-order chi connectivity index (χ0) is 30.7. The van der Waals surface area contributed by atoms with Gasteiger partial charge in [0.15, 0.2) is 0 Å². The minimum atomic E-state index is 0. The predicted octanol–water partition coefficient (Wildman–Crippen LogP) is 1.60. The van der Waals surface area contributed by atoms with Crippen LogP contribution >= 0.6 is 0 Å². The van der Waals surface area contributed by atoms with Crippen molar-refractivity contribution in [3.8, 4) is 5.75 Å². The molecule has 0 fully saturated rings. The number of aliphatic hydroxyl groups excluding tert-OH is 1. The second-order valence-corrected chi connectivity index (χ2v) is 9.99. The molecule has 0 amide bonds. The Labute approximate surface area is 290 Å². The number of hydrogen-bond acceptors (Lipinski definition) is 10. The van der Waals surface area contributed by atoms with E-state index in [1.807, 2.05) is 0 Å². The molecule has 11 heteroatoms. The standard InChI is InChI=1S/C33H60O10.Na.H/c1-2-3-4-5-6-7-8-9-32-10-12-33(13-11-32)43-31-30-42-29-28-41-27-26-40-25-24-39-23-22-38-21-20-37-19-18-36-17-16-35-15-14-34;;/h10-13,34H,2-9,14-31H2,1H3;;/q;+1;-1. The van der Waals surface area contributed by atoms with Crippen LogP contribution in [0.2, 0.25) is 0 Å². The summed E-state index contributed by atoms with van der Waals surface area (Å²) < 4.78 is 49.1. The normalized spacial score (nSPS) is 11.1. The van der Waals surface area contributed by atoms with E-state index in [4.69, 9.17) is 47.7 Å². The molecule has 44 heavy (non-hydrogen) atoms. The van der Waals surface area contributed by atoms with E-state index in [-0.39, 0.29) is 37.6 Å². The molecule has 254 valence electrons. The first-order valence-electron chi connectivity index (χ1n) is 16.3. The number of benzene rings is 1. The van der Waals surface area contributed by atoms with E-state index in [1.54, 1.807) is 0 Å². The topological polar surface area (TPSA) is 103 Å². The zero-order valence-corrected chi connectivity index (χ0v) is 29.8. The van der Waals surface area contributed by atoms with Gasteiger partial charge in [-0.3, -0.25) is 0 Å². The van der Waals surface area contributed by atoms with Gasteiger partial charge in [0.2, 0.25) is 0 Å². The third-order valence-corrected chi connectivity index (χ3v) is 6.33. The molecule has 1 N–H and O–H groups in total. The molecule has 10 nitrogen and oxygen atoms in total. The van der Waals surface area contributed by atoms with Crippen LogP contribution in [0.15, 0.2) is 24.3 Å². The monoisotopic (exact) mass is 640 g/mol. The van der Waals surface area contributed by atoms with Crippen LogP contribution < -0.4 is 34.3 Å². The Hall–Kier alpha value is -0.340. The predicted molar refractivity (Wildman–Crippen MR) is 168 cm³/mol. The van der Waals surface area contributed by atoms with Crippen LogP contribution in [-0.4, -0.2) is 124 Å². The molecule has 1 aromatic carbocycles. The maximum absolute atomic E-state index is 8.58. The quantitative estimate of drug-likeness (QED) is 0.0870. The maximum Gasteiger partial charge on any atom is 1.00 e. The van der Waals surface area contributed by atoms with E-state index >= 15 is 0 Å². The van der Waals surface area contributed by atoms with Crippen LogP contribution in [0.3, 0.4) is 0 Å². The van der Waals surface area contributed by atoms with Gasteiger partial charge in [0, 0.05) is 0 Å². The third kappa shape index (κ3) is 31.6. The van der Waals surface area contributed by atoms with Crippen molar-refractivity contribution < 1.29 is 78.7 Å². The molecule has 0 aliphatic heterocycles. The first-order valence-corrected chi connectivity index (χ1v) is 16.3. The third-order valence-electron chi connectivity index (χ3n) is 6.33. The molecule has 0 unspecified atom stereocenters. The van der Waals surface area contributed by atoms with Crippen LogP contribution in [0.1, 0.15) is 58.9 Å². The Morgan fingerprint density at radius 3 is 1.18 bits per heavy atom. The molecule has 0 spiro atoms. The summed E-state index contributed by atoms with van der Waals surface area (Å²) >= 11 is 0. The number of aliphatic hydroxyl groups is 1. The largest absolute Gasteiger partial charge is 1.00 e. The molecule has 0 atom stereocenters. The molecular weight excluding hydrogens is 579 g/mol. The first-order chi connectivity index (χ1) is 21.4. The minimum Gasteiger partial charge on any atom is -1.00 e. The maximum atomic E-state index is 8.58. The fraction of sp³-hybridized carbons (Fsp3) is 0.818. The molecule has 0 aromatic heterocycles. The van der Waals surface area contributed by atoms with Crippen LogP contribution in [0.5, 0.6) is 5.75 Å². The number of hydrogen-bond donors (Lipinski definition) is 1. The van der Waals surface area contributed by atoms with Crippen molar-refractivity contribution in [2.24, 2.45) is 0 Å². The van der Waals surface area contributed by atoms with Gasteiger partial charge in [-0.05, 0) is 30.5 Å². The molecule has 0 saturated heterocycles. The van der Waals surface area contributed by atoms with Gasteiger partial charge in [-0.25, -0.2) is 0 Å². The number of unbranched alkanes of at least 4 members (excludes halogenated alkanes) is 6. The number of ether oxygens (including phenoxy) is 9. The molecule has 0 heterocycles. The Morgan fingerprint density at radius 1 is 0.455 bits per heavy atom. The summed E-state index contributed by atoms with van der Waals surface area (Å²) in [4.78, 5) is 0. The summed E-state index contributed by atoms with van der Waals surface area (Å²) in [6, 6.07) is 8.45. The molecule has 0 saturated carbocycles. The van der Waals surface area contributed by atoms with E-state index in [0.717, 1.165) is 12.2 Å². The van der Waals surface area contributed by atoms with E-state index in [9.17, 15) is 0 Å². The van der Waals surface area contributed by atoms with Gasteiger partial charge in [-0.15, -0.1) is 0 Å². The summed E-state index contributed by atoms with van der Waals surface area (Å²) in [7, 11) is 0. The average Bonchev–Trinajstić information content (AvgIpc) is 3.03. The van der Waals surface area contributed by atoms with Gasteiger partial charge in [0.05, 0.1) is 112 Å². The van der Waals surface area contributed by atoms with Crippen LogP contribution in [0.4, 0.5) is 0 Å². The van der Waals surface area contributed by atoms with E-state index in [2.05, 4.69) is 31.2 Å². The van der Waals surface area contributed by atoms with E-state index in [0.29, 0.717) is 112 Å². The van der Waals surface area contributed by atoms with Crippen molar-refractivity contribution in [3.63, 3.8) is 0 Å².